The topological polar surface area (TPSA) is 123 Å². The van der Waals surface area contributed by atoms with Crippen molar-refractivity contribution in [2.24, 2.45) is 17.8 Å². The Balaban J connectivity index is 1.77. The first-order valence-corrected chi connectivity index (χ1v) is 11.9. The third-order valence-electron chi connectivity index (χ3n) is 5.63. The maximum atomic E-state index is 13.1. The van der Waals surface area contributed by atoms with E-state index in [-0.39, 0.29) is 41.7 Å². The van der Waals surface area contributed by atoms with Gasteiger partial charge in [-0.1, -0.05) is 32.0 Å². The molecule has 0 fully saturated rings. The fourth-order valence-corrected chi connectivity index (χ4v) is 5.53. The molecule has 31 heavy (non-hydrogen) atoms. The van der Waals surface area contributed by atoms with Crippen LogP contribution in [0.3, 0.4) is 0 Å². The lowest BCUT2D eigenvalue weighted by Gasteiger charge is -2.22. The summed E-state index contributed by atoms with van der Waals surface area (Å²) in [6.07, 6.45) is 1.74. The molecule has 2 unspecified atom stereocenters. The van der Waals surface area contributed by atoms with Crippen molar-refractivity contribution >= 4 is 27.3 Å². The molecular weight excluding hydrogens is 420 g/mol. The third kappa shape index (κ3) is 5.46. The van der Waals surface area contributed by atoms with Crippen molar-refractivity contribution in [1.82, 2.24) is 10.3 Å². The highest BCUT2D eigenvalue weighted by Gasteiger charge is 2.34. The summed E-state index contributed by atoms with van der Waals surface area (Å²) in [6, 6.07) is 7.98. The highest BCUT2D eigenvalue weighted by atomic mass is 32.2. The zero-order valence-corrected chi connectivity index (χ0v) is 18.4. The first kappa shape index (κ1) is 22.9. The van der Waals surface area contributed by atoms with E-state index in [4.69, 9.17) is 4.42 Å². The zero-order valence-electron chi connectivity index (χ0n) is 17.5. The quantitative estimate of drug-likeness (QED) is 0.646. The Bertz CT molecular complexity index is 1060. The highest BCUT2D eigenvalue weighted by Crippen LogP contribution is 2.25. The van der Waals surface area contributed by atoms with E-state index in [1.807, 2.05) is 0 Å². The van der Waals surface area contributed by atoms with E-state index in [0.717, 1.165) is 0 Å². The van der Waals surface area contributed by atoms with Crippen LogP contribution in [0.1, 0.15) is 38.1 Å². The van der Waals surface area contributed by atoms with Crippen LogP contribution < -0.4 is 5.32 Å². The number of hydrogen-bond acceptors (Lipinski definition) is 7. The number of sulfone groups is 1. The molecule has 1 aromatic carbocycles. The van der Waals surface area contributed by atoms with Gasteiger partial charge in [0.25, 0.3) is 5.91 Å². The number of amides is 1. The summed E-state index contributed by atoms with van der Waals surface area (Å²) < 4.78 is 30.9. The molecule has 0 radical (unpaired) electrons. The van der Waals surface area contributed by atoms with Crippen LogP contribution in [0, 0.1) is 17.8 Å². The summed E-state index contributed by atoms with van der Waals surface area (Å²) in [7, 11) is -3.67. The smallest absolute Gasteiger partial charge is 0.288 e. The van der Waals surface area contributed by atoms with Gasteiger partial charge >= 0.3 is 0 Å². The summed E-state index contributed by atoms with van der Waals surface area (Å²) in [5.41, 5.74) is 0.638. The van der Waals surface area contributed by atoms with Gasteiger partial charge < -0.3 is 9.73 Å². The number of hydrogen-bond donors (Lipinski definition) is 1. The molecule has 1 aliphatic heterocycles. The minimum absolute atomic E-state index is 0.0600. The summed E-state index contributed by atoms with van der Waals surface area (Å²) >= 11 is 0. The summed E-state index contributed by atoms with van der Waals surface area (Å²) in [4.78, 5) is 42.2. The second-order valence-electron chi connectivity index (χ2n) is 8.12. The van der Waals surface area contributed by atoms with Crippen LogP contribution in [0.25, 0.3) is 0 Å². The van der Waals surface area contributed by atoms with Crippen LogP contribution in [0.5, 0.6) is 0 Å². The monoisotopic (exact) mass is 446 g/mol. The van der Waals surface area contributed by atoms with Crippen molar-refractivity contribution in [1.29, 1.82) is 0 Å². The molecule has 1 aromatic heterocycles. The van der Waals surface area contributed by atoms with E-state index < -0.39 is 33.4 Å². The number of nitrogens with one attached hydrogen (secondary N) is 1. The van der Waals surface area contributed by atoms with Crippen LogP contribution >= 0.6 is 0 Å². The van der Waals surface area contributed by atoms with E-state index in [1.54, 1.807) is 32.0 Å². The van der Waals surface area contributed by atoms with Gasteiger partial charge in [0.05, 0.1) is 22.9 Å². The van der Waals surface area contributed by atoms with Crippen LogP contribution in [0.4, 0.5) is 0 Å². The molecule has 1 amide bonds. The third-order valence-corrected chi connectivity index (χ3v) is 7.41. The Labute approximate surface area is 181 Å². The Hall–Kier alpha value is -2.81. The van der Waals surface area contributed by atoms with Gasteiger partial charge in [-0.05, 0) is 30.9 Å². The summed E-state index contributed by atoms with van der Waals surface area (Å²) in [6.45, 7) is 3.62. The normalized spacial score (nSPS) is 18.5. The molecule has 0 bridgehead atoms. The summed E-state index contributed by atoms with van der Waals surface area (Å²) in [5, 5.41) is 2.50. The van der Waals surface area contributed by atoms with Crippen molar-refractivity contribution in [2.45, 2.75) is 44.6 Å². The molecule has 1 N–H and O–H groups in total. The number of Topliss-reactive ketones (excluding diaryl/α,β-unsaturated/α-hetero) is 2. The molecule has 2 atom stereocenters. The number of fused-ring (bicyclic) bond motifs is 1. The van der Waals surface area contributed by atoms with Crippen LogP contribution in [-0.4, -0.2) is 36.6 Å². The molecular formula is C22H26N2O6S. The maximum Gasteiger partial charge on any atom is 0.288 e. The van der Waals surface area contributed by atoms with Gasteiger partial charge in [-0.2, -0.15) is 0 Å². The number of carbonyl (C=O) groups excluding carboxylic acids is 3. The predicted molar refractivity (Wildman–Crippen MR) is 112 cm³/mol. The van der Waals surface area contributed by atoms with Gasteiger partial charge in [-0.3, -0.25) is 14.4 Å². The number of oxazole rings is 1. The van der Waals surface area contributed by atoms with Gasteiger partial charge in [0, 0.05) is 18.3 Å². The maximum absolute atomic E-state index is 13.1. The van der Waals surface area contributed by atoms with Crippen molar-refractivity contribution < 1.29 is 27.2 Å². The van der Waals surface area contributed by atoms with Crippen LogP contribution in [0.15, 0.2) is 46.0 Å². The Morgan fingerprint density at radius 2 is 1.94 bits per heavy atom. The number of rotatable bonds is 7. The lowest BCUT2D eigenvalue weighted by atomic mass is 9.84. The molecule has 9 heteroatoms. The van der Waals surface area contributed by atoms with Gasteiger partial charge in [0.15, 0.2) is 16.2 Å². The van der Waals surface area contributed by atoms with Gasteiger partial charge in [-0.25, -0.2) is 13.4 Å². The molecule has 0 saturated carbocycles. The van der Waals surface area contributed by atoms with Gasteiger partial charge in [0.1, 0.15) is 11.5 Å². The second-order valence-corrected chi connectivity index (χ2v) is 10.2. The fraction of sp³-hybridized carbons (Fsp3) is 0.455. The highest BCUT2D eigenvalue weighted by molar-refractivity contribution is 7.91. The Kier molecular flexibility index (Phi) is 7.04. The number of aromatic nitrogens is 1. The fourth-order valence-electron chi connectivity index (χ4n) is 3.72. The number of ketones is 2. The van der Waals surface area contributed by atoms with E-state index in [1.165, 1.54) is 18.5 Å². The molecule has 1 aliphatic rings. The average Bonchev–Trinajstić information content (AvgIpc) is 3.20. The van der Waals surface area contributed by atoms with E-state index in [2.05, 4.69) is 10.3 Å². The van der Waals surface area contributed by atoms with Crippen molar-refractivity contribution in [3.8, 4) is 0 Å². The molecule has 0 spiro atoms. The molecule has 8 nitrogen and oxygen atoms in total. The lowest BCUT2D eigenvalue weighted by Crippen LogP contribution is -2.37. The molecule has 0 aliphatic carbocycles. The number of nitrogens with zero attached hydrogens (tertiary/aromatic N) is 1. The Morgan fingerprint density at radius 1 is 1.23 bits per heavy atom. The van der Waals surface area contributed by atoms with Gasteiger partial charge in [0.2, 0.25) is 5.78 Å². The number of carbonyl (C=O) groups is 3. The predicted octanol–water partition coefficient (Wildman–Crippen LogP) is 2.13. The van der Waals surface area contributed by atoms with E-state index in [0.29, 0.717) is 17.9 Å². The average molecular weight is 447 g/mol. The first-order valence-electron chi connectivity index (χ1n) is 10.2. The second kappa shape index (κ2) is 9.55. The number of benzene rings is 1. The van der Waals surface area contributed by atoms with E-state index in [9.17, 15) is 22.8 Å². The van der Waals surface area contributed by atoms with Crippen molar-refractivity contribution in [3.63, 3.8) is 0 Å². The first-order chi connectivity index (χ1) is 14.7. The molecule has 3 rings (SSSR count). The van der Waals surface area contributed by atoms with Crippen molar-refractivity contribution in [3.05, 3.63) is 48.2 Å². The van der Waals surface area contributed by atoms with E-state index >= 15 is 0 Å². The minimum atomic E-state index is -3.67. The lowest BCUT2D eigenvalue weighted by molar-refractivity contribution is -0.141. The van der Waals surface area contributed by atoms with Crippen LogP contribution in [-0.2, 0) is 37.2 Å². The standard InChI is InChI=1S/C22H26N2O6S/c1-14(2)17(12-31(28,29)16-6-4-3-5-7-16)19(25)10-15-8-9-18-20(30-13-24-18)11-23-22(27)21(15)26/h3-7,13-15,17H,8-12H2,1-2H3,(H,23,27). The molecule has 166 valence electrons. The SMILES string of the molecule is CC(C)C(CS(=O)(=O)c1ccccc1)C(=O)CC1CCc2ncoc2CNC(=O)C1=O. The summed E-state index contributed by atoms with van der Waals surface area (Å²) in [5.74, 6) is -3.50. The molecule has 0 saturated heterocycles. The van der Waals surface area contributed by atoms with Gasteiger partial charge in [-0.15, -0.1) is 0 Å². The largest absolute Gasteiger partial charge is 0.446 e. The minimum Gasteiger partial charge on any atom is -0.446 e. The molecule has 2 aromatic rings. The van der Waals surface area contributed by atoms with Crippen molar-refractivity contribution in [2.75, 3.05) is 5.75 Å². The zero-order chi connectivity index (χ0) is 22.6. The Morgan fingerprint density at radius 3 is 2.61 bits per heavy atom. The molecule has 2 heterocycles. The number of aryl methyl sites for hydroxylation is 1. The van der Waals surface area contributed by atoms with Crippen LogP contribution in [0.2, 0.25) is 0 Å².